The molecule has 29 heavy (non-hydrogen) atoms. The number of carbonyl (C=O) groups excluding carboxylic acids is 2. The highest BCUT2D eigenvalue weighted by Gasteiger charge is 2.66. The molecule has 4 bridgehead atoms. The van der Waals surface area contributed by atoms with E-state index in [0.717, 1.165) is 19.3 Å². The van der Waals surface area contributed by atoms with E-state index in [1.807, 2.05) is 0 Å². The Bertz CT molecular complexity index is 757. The maximum atomic E-state index is 13.4. The topological polar surface area (TPSA) is 107 Å². The number of hydrogen-bond acceptors (Lipinski definition) is 6. The smallest absolute Gasteiger partial charge is 0.432 e. The zero-order valence-electron chi connectivity index (χ0n) is 15.0. The van der Waals surface area contributed by atoms with Crippen molar-refractivity contribution in [2.45, 2.75) is 56.1 Å². The fourth-order valence-electron chi connectivity index (χ4n) is 5.26. The van der Waals surface area contributed by atoms with E-state index in [-0.39, 0.29) is 0 Å². The molecule has 0 saturated heterocycles. The monoisotopic (exact) mass is 450 g/mol. The van der Waals surface area contributed by atoms with E-state index in [1.165, 1.54) is 0 Å². The molecule has 0 aromatic heterocycles. The minimum atomic E-state index is -6.53. The summed E-state index contributed by atoms with van der Waals surface area (Å²) >= 11 is 0. The van der Waals surface area contributed by atoms with Crippen molar-refractivity contribution < 1.29 is 54.0 Å². The van der Waals surface area contributed by atoms with Gasteiger partial charge in [0.25, 0.3) is 6.10 Å². The summed E-state index contributed by atoms with van der Waals surface area (Å²) in [7, 11) is -6.53. The Morgan fingerprint density at radius 3 is 1.83 bits per heavy atom. The van der Waals surface area contributed by atoms with E-state index in [9.17, 15) is 40.0 Å². The molecule has 13 heteroatoms. The predicted molar refractivity (Wildman–Crippen MR) is 84.0 cm³/mol. The molecule has 0 amide bonds. The van der Waals surface area contributed by atoms with Gasteiger partial charge in [-0.3, -0.25) is 9.35 Å². The lowest BCUT2D eigenvalue weighted by molar-refractivity contribution is -0.260. The number of rotatable bonds is 6. The van der Waals surface area contributed by atoms with Crippen LogP contribution in [0.3, 0.4) is 0 Å². The highest BCUT2D eigenvalue weighted by molar-refractivity contribution is 7.86. The molecule has 1 N–H and O–H groups in total. The largest absolute Gasteiger partial charge is 0.453 e. The number of ether oxygens (including phenoxy) is 2. The van der Waals surface area contributed by atoms with Gasteiger partial charge in [-0.05, 0) is 56.3 Å². The van der Waals surface area contributed by atoms with E-state index in [0.29, 0.717) is 37.0 Å². The first-order valence-electron chi connectivity index (χ1n) is 8.92. The van der Waals surface area contributed by atoms with E-state index in [2.05, 4.69) is 4.74 Å². The second-order valence-corrected chi connectivity index (χ2v) is 9.72. The van der Waals surface area contributed by atoms with Crippen LogP contribution in [0.15, 0.2) is 0 Å². The summed E-state index contributed by atoms with van der Waals surface area (Å²) in [5, 5.41) is -5.83. The molecule has 0 aromatic rings. The molecule has 7 nitrogen and oxygen atoms in total. The fourth-order valence-corrected chi connectivity index (χ4v) is 5.72. The number of carbonyl (C=O) groups is 2. The third-order valence-corrected chi connectivity index (χ3v) is 6.89. The van der Waals surface area contributed by atoms with E-state index >= 15 is 0 Å². The van der Waals surface area contributed by atoms with Gasteiger partial charge < -0.3 is 9.47 Å². The van der Waals surface area contributed by atoms with Crippen molar-refractivity contribution in [3.8, 4) is 0 Å². The lowest BCUT2D eigenvalue weighted by Crippen LogP contribution is -2.53. The summed E-state index contributed by atoms with van der Waals surface area (Å²) in [5.74, 6) is -1.79. The lowest BCUT2D eigenvalue weighted by Gasteiger charge is -2.55. The zero-order chi connectivity index (χ0) is 21.8. The van der Waals surface area contributed by atoms with E-state index < -0.39 is 51.6 Å². The van der Waals surface area contributed by atoms with Crippen molar-refractivity contribution in [2.75, 3.05) is 6.61 Å². The lowest BCUT2D eigenvalue weighted by atomic mass is 9.49. The van der Waals surface area contributed by atoms with Crippen molar-refractivity contribution in [2.24, 2.45) is 23.2 Å². The maximum Gasteiger partial charge on any atom is 0.432 e. The van der Waals surface area contributed by atoms with Crippen LogP contribution in [0.2, 0.25) is 0 Å². The average molecular weight is 450 g/mol. The van der Waals surface area contributed by atoms with Gasteiger partial charge in [0, 0.05) is 0 Å². The average Bonchev–Trinajstić information content (AvgIpc) is 2.54. The highest BCUT2D eigenvalue weighted by atomic mass is 32.2. The molecule has 1 atom stereocenters. The van der Waals surface area contributed by atoms with Crippen molar-refractivity contribution in [3.05, 3.63) is 0 Å². The van der Waals surface area contributed by atoms with Gasteiger partial charge in [0.1, 0.15) is 0 Å². The molecule has 0 radical (unpaired) electrons. The summed E-state index contributed by atoms with van der Waals surface area (Å²) in [5.41, 5.74) is -0.836. The third-order valence-electron chi connectivity index (χ3n) is 5.99. The van der Waals surface area contributed by atoms with E-state index in [4.69, 9.17) is 9.29 Å². The maximum absolute atomic E-state index is 13.4. The summed E-state index contributed by atoms with van der Waals surface area (Å²) in [4.78, 5) is 24.1. The molecular formula is C16H19F5O7S. The van der Waals surface area contributed by atoms with Crippen molar-refractivity contribution >= 4 is 22.1 Å². The Morgan fingerprint density at radius 1 is 1.00 bits per heavy atom. The quantitative estimate of drug-likeness (QED) is 0.377. The standard InChI is InChI=1S/C16H19F5O7S/c17-15(18,19)12(16(20,21)29(24,25)26)28-11(22)7-27-13(23)14-4-8-1-9(5-14)3-10(2-8)6-14/h8-10,12H,1-7H2,(H,24,25,26). The van der Waals surface area contributed by atoms with Gasteiger partial charge in [-0.1, -0.05) is 0 Å². The van der Waals surface area contributed by atoms with Crippen LogP contribution in [0.1, 0.15) is 38.5 Å². The Morgan fingerprint density at radius 2 is 1.45 bits per heavy atom. The molecule has 0 spiro atoms. The first kappa shape index (κ1) is 22.2. The number of esters is 2. The third kappa shape index (κ3) is 4.21. The molecule has 4 fully saturated rings. The van der Waals surface area contributed by atoms with Crippen LogP contribution in [0.4, 0.5) is 22.0 Å². The minimum absolute atomic E-state index is 0.337. The van der Waals surface area contributed by atoms with Crippen molar-refractivity contribution in [1.29, 1.82) is 0 Å². The summed E-state index contributed by atoms with van der Waals surface area (Å²) < 4.78 is 103. The van der Waals surface area contributed by atoms with Crippen LogP contribution < -0.4 is 0 Å². The number of hydrogen-bond donors (Lipinski definition) is 1. The van der Waals surface area contributed by atoms with Crippen molar-refractivity contribution in [3.63, 3.8) is 0 Å². The van der Waals surface area contributed by atoms with E-state index in [1.54, 1.807) is 0 Å². The van der Waals surface area contributed by atoms with Crippen molar-refractivity contribution in [1.82, 2.24) is 0 Å². The summed E-state index contributed by atoms with van der Waals surface area (Å²) in [6, 6.07) is 0. The molecule has 4 aliphatic rings. The molecule has 1 unspecified atom stereocenters. The minimum Gasteiger partial charge on any atom is -0.453 e. The number of alkyl halides is 5. The molecule has 4 aliphatic carbocycles. The first-order valence-corrected chi connectivity index (χ1v) is 10.4. The van der Waals surface area contributed by atoms with Gasteiger partial charge in [0.05, 0.1) is 5.41 Å². The van der Waals surface area contributed by atoms with Crippen LogP contribution in [-0.4, -0.2) is 49.1 Å². The molecule has 166 valence electrons. The van der Waals surface area contributed by atoms with Gasteiger partial charge in [0.15, 0.2) is 6.61 Å². The Labute approximate surface area is 162 Å². The molecule has 4 rings (SSSR count). The zero-order valence-corrected chi connectivity index (χ0v) is 15.8. The van der Waals surface area contributed by atoms with Gasteiger partial charge in [-0.25, -0.2) is 4.79 Å². The fraction of sp³-hybridized carbons (Fsp3) is 0.875. The summed E-state index contributed by atoms with van der Waals surface area (Å²) in [6.07, 6.45) is -5.85. The highest BCUT2D eigenvalue weighted by Crippen LogP contribution is 2.60. The van der Waals surface area contributed by atoms with Gasteiger partial charge in [-0.2, -0.15) is 30.4 Å². The molecule has 4 saturated carbocycles. The Kier molecular flexibility index (Phi) is 5.38. The second kappa shape index (κ2) is 7.03. The SMILES string of the molecule is O=C(COC(=O)C12CC3CC(CC(C3)C1)C2)OC(C(F)(F)F)C(F)(F)S(=O)(=O)O. The molecule has 0 aromatic carbocycles. The van der Waals surface area contributed by atoms with Gasteiger partial charge in [-0.15, -0.1) is 0 Å². The van der Waals surface area contributed by atoms with Crippen LogP contribution in [-0.2, 0) is 29.2 Å². The number of halogens is 5. The Hall–Kier alpha value is -1.50. The van der Waals surface area contributed by atoms with Gasteiger partial charge in [0.2, 0.25) is 0 Å². The van der Waals surface area contributed by atoms with Crippen LogP contribution in [0.5, 0.6) is 0 Å². The Balaban J connectivity index is 1.63. The second-order valence-electron chi connectivity index (χ2n) is 8.22. The molecule has 0 aliphatic heterocycles. The first-order chi connectivity index (χ1) is 13.1. The van der Waals surface area contributed by atoms with Crippen LogP contribution in [0, 0.1) is 23.2 Å². The molecule has 0 heterocycles. The van der Waals surface area contributed by atoms with Crippen LogP contribution >= 0.6 is 0 Å². The normalized spacial score (nSPS) is 32.7. The summed E-state index contributed by atoms with van der Waals surface area (Å²) in [6.45, 7) is -1.38. The van der Waals surface area contributed by atoms with Crippen LogP contribution in [0.25, 0.3) is 0 Å². The predicted octanol–water partition coefficient (Wildman–Crippen LogP) is 2.70. The van der Waals surface area contributed by atoms with Gasteiger partial charge >= 0.3 is 33.5 Å². The molecular weight excluding hydrogens is 431 g/mol.